The lowest BCUT2D eigenvalue weighted by atomic mass is 9.88. The normalized spacial score (nSPS) is 16.5. The number of benzene rings is 2. The van der Waals surface area contributed by atoms with Gasteiger partial charge in [-0.2, -0.15) is 11.8 Å². The number of amides is 2. The van der Waals surface area contributed by atoms with Crippen LogP contribution in [0.25, 0.3) is 11.1 Å². The molecule has 0 unspecified atom stereocenters. The molecule has 0 radical (unpaired) electrons. The summed E-state index contributed by atoms with van der Waals surface area (Å²) in [6.45, 7) is 0.345. The minimum atomic E-state index is -1.06. The first-order valence-electron chi connectivity index (χ1n) is 11.3. The fraction of sp³-hybridized carbons (Fsp3) is 0.346. The molecule has 0 spiro atoms. The average Bonchev–Trinajstić information content (AvgIpc) is 3.14. The summed E-state index contributed by atoms with van der Waals surface area (Å²) >= 11 is 1.79. The summed E-state index contributed by atoms with van der Waals surface area (Å²) in [5.74, 6) is 0.360. The van der Waals surface area contributed by atoms with E-state index in [1.54, 1.807) is 11.8 Å². The minimum Gasteiger partial charge on any atom is -0.478 e. The molecular formula is C26H28N2O5S. The van der Waals surface area contributed by atoms with Crippen molar-refractivity contribution in [3.63, 3.8) is 0 Å². The summed E-state index contributed by atoms with van der Waals surface area (Å²) in [7, 11) is 0. The van der Waals surface area contributed by atoms with Gasteiger partial charge in [0.15, 0.2) is 0 Å². The van der Waals surface area contributed by atoms with E-state index < -0.39 is 17.6 Å². The molecular weight excluding hydrogens is 452 g/mol. The number of fused-ring (bicyclic) bond motifs is 3. The summed E-state index contributed by atoms with van der Waals surface area (Å²) in [4.78, 5) is 35.9. The van der Waals surface area contributed by atoms with Gasteiger partial charge in [-0.15, -0.1) is 0 Å². The number of carbonyl (C=O) groups is 3. The number of rotatable bonds is 8. The van der Waals surface area contributed by atoms with Gasteiger partial charge in [-0.25, -0.2) is 9.59 Å². The number of nitrogens with one attached hydrogen (secondary N) is 2. The zero-order chi connectivity index (χ0) is 24.0. The van der Waals surface area contributed by atoms with Crippen molar-refractivity contribution in [1.82, 2.24) is 10.6 Å². The van der Waals surface area contributed by atoms with Gasteiger partial charge in [0.1, 0.15) is 6.61 Å². The van der Waals surface area contributed by atoms with E-state index in [1.165, 1.54) is 17.2 Å². The maximum absolute atomic E-state index is 12.9. The Labute approximate surface area is 203 Å². The van der Waals surface area contributed by atoms with Crippen LogP contribution >= 0.6 is 11.8 Å². The molecule has 0 saturated carbocycles. The number of thioether (sulfide) groups is 1. The van der Waals surface area contributed by atoms with Crippen LogP contribution in [0.3, 0.4) is 0 Å². The molecule has 1 saturated heterocycles. The first kappa shape index (κ1) is 23.9. The van der Waals surface area contributed by atoms with Gasteiger partial charge in [-0.05, 0) is 46.6 Å². The van der Waals surface area contributed by atoms with Gasteiger partial charge < -0.3 is 20.5 Å². The van der Waals surface area contributed by atoms with Crippen LogP contribution in [0.1, 0.15) is 36.3 Å². The van der Waals surface area contributed by atoms with Crippen molar-refractivity contribution in [2.24, 2.45) is 0 Å². The number of aliphatic carboxylic acids is 1. The van der Waals surface area contributed by atoms with Crippen LogP contribution in [0.2, 0.25) is 0 Å². The molecule has 7 nitrogen and oxygen atoms in total. The highest BCUT2D eigenvalue weighted by molar-refractivity contribution is 7.99. The van der Waals surface area contributed by atoms with Crippen LogP contribution in [-0.4, -0.2) is 53.3 Å². The van der Waals surface area contributed by atoms with E-state index in [1.807, 2.05) is 24.3 Å². The third-order valence-electron chi connectivity index (χ3n) is 6.34. The number of carboxylic acid groups (broad SMARTS) is 1. The molecule has 3 N–H and O–H groups in total. The predicted octanol–water partition coefficient (Wildman–Crippen LogP) is 3.94. The molecule has 34 heavy (non-hydrogen) atoms. The Morgan fingerprint density at radius 1 is 1.03 bits per heavy atom. The molecule has 2 amide bonds. The molecule has 1 aliphatic heterocycles. The number of hydrogen-bond acceptors (Lipinski definition) is 5. The number of ether oxygens (including phenoxy) is 1. The number of alkyl carbamates (subject to hydrolysis) is 1. The van der Waals surface area contributed by atoms with Crippen LogP contribution in [-0.2, 0) is 14.3 Å². The van der Waals surface area contributed by atoms with E-state index in [4.69, 9.17) is 9.84 Å². The van der Waals surface area contributed by atoms with Crippen LogP contribution in [0, 0.1) is 0 Å². The highest BCUT2D eigenvalue weighted by Crippen LogP contribution is 2.44. The standard InChI is InChI=1S/C26H28N2O5S/c29-23(27-13-5-10-24(30)31)16-26(11-14-34-15-12-26)28-25(32)33-17-22-20-8-3-1-6-18(20)19-7-2-4-9-21(19)22/h1-10,22H,11-17H2,(H,27,29)(H,28,32)(H,30,31)/b10-5+. The molecule has 0 atom stereocenters. The average molecular weight is 481 g/mol. The molecule has 8 heteroatoms. The van der Waals surface area contributed by atoms with Crippen molar-refractivity contribution < 1.29 is 24.2 Å². The Kier molecular flexibility index (Phi) is 7.57. The second-order valence-corrected chi connectivity index (χ2v) is 9.79. The van der Waals surface area contributed by atoms with Crippen LogP contribution < -0.4 is 10.6 Å². The van der Waals surface area contributed by atoms with Crippen LogP contribution in [0.5, 0.6) is 0 Å². The minimum absolute atomic E-state index is 0.0275. The Bertz CT molecular complexity index is 1050. The van der Waals surface area contributed by atoms with E-state index in [9.17, 15) is 14.4 Å². The maximum Gasteiger partial charge on any atom is 0.407 e. The van der Waals surface area contributed by atoms with Crippen LogP contribution in [0.4, 0.5) is 4.79 Å². The van der Waals surface area contributed by atoms with Gasteiger partial charge >= 0.3 is 12.1 Å². The van der Waals surface area contributed by atoms with Crippen LogP contribution in [0.15, 0.2) is 60.7 Å². The third-order valence-corrected chi connectivity index (χ3v) is 7.32. The van der Waals surface area contributed by atoms with Gasteiger partial charge in [0, 0.05) is 25.0 Å². The topological polar surface area (TPSA) is 105 Å². The van der Waals surface area contributed by atoms with Crippen molar-refractivity contribution in [2.75, 3.05) is 24.7 Å². The monoisotopic (exact) mass is 480 g/mol. The summed E-state index contributed by atoms with van der Waals surface area (Å²) in [6.07, 6.45) is 3.30. The summed E-state index contributed by atoms with van der Waals surface area (Å²) in [6, 6.07) is 16.3. The van der Waals surface area contributed by atoms with E-state index in [0.29, 0.717) is 12.8 Å². The zero-order valence-corrected chi connectivity index (χ0v) is 19.6. The Balaban J connectivity index is 1.38. The molecule has 4 rings (SSSR count). The molecule has 2 aromatic rings. The van der Waals surface area contributed by atoms with Gasteiger partial charge in [-0.1, -0.05) is 54.6 Å². The Morgan fingerprint density at radius 2 is 1.65 bits per heavy atom. The maximum atomic E-state index is 12.9. The SMILES string of the molecule is O=C(O)/C=C/CNC(=O)CC1(NC(=O)OCC2c3ccccc3-c3ccccc32)CCSCC1. The van der Waals surface area contributed by atoms with E-state index in [-0.39, 0.29) is 31.4 Å². The van der Waals surface area contributed by atoms with E-state index in [0.717, 1.165) is 28.7 Å². The first-order valence-corrected chi connectivity index (χ1v) is 12.5. The molecule has 2 aromatic carbocycles. The molecule has 0 bridgehead atoms. The lowest BCUT2D eigenvalue weighted by Crippen LogP contribution is -2.53. The molecule has 2 aliphatic rings. The van der Waals surface area contributed by atoms with Crippen molar-refractivity contribution >= 4 is 29.7 Å². The highest BCUT2D eigenvalue weighted by Gasteiger charge is 2.37. The van der Waals surface area contributed by atoms with Crippen molar-refractivity contribution in [3.8, 4) is 11.1 Å². The summed E-state index contributed by atoms with van der Waals surface area (Å²) < 4.78 is 5.71. The fourth-order valence-corrected chi connectivity index (χ4v) is 5.94. The molecule has 178 valence electrons. The Hall–Kier alpha value is -3.26. The van der Waals surface area contributed by atoms with Gasteiger partial charge in [-0.3, -0.25) is 4.79 Å². The zero-order valence-electron chi connectivity index (χ0n) is 18.8. The Morgan fingerprint density at radius 3 is 2.26 bits per heavy atom. The van der Waals surface area contributed by atoms with Gasteiger partial charge in [0.2, 0.25) is 5.91 Å². The molecule has 0 aromatic heterocycles. The third kappa shape index (κ3) is 5.62. The largest absolute Gasteiger partial charge is 0.478 e. The lowest BCUT2D eigenvalue weighted by molar-refractivity contribution is -0.131. The summed E-state index contributed by atoms with van der Waals surface area (Å²) in [5.41, 5.74) is 3.96. The summed E-state index contributed by atoms with van der Waals surface area (Å²) in [5, 5.41) is 14.3. The fourth-order valence-electron chi connectivity index (χ4n) is 4.66. The second-order valence-electron chi connectivity index (χ2n) is 8.56. The lowest BCUT2D eigenvalue weighted by Gasteiger charge is -2.37. The first-order chi connectivity index (χ1) is 16.5. The quantitative estimate of drug-likeness (QED) is 0.495. The molecule has 1 heterocycles. The van der Waals surface area contributed by atoms with E-state index in [2.05, 4.69) is 34.9 Å². The van der Waals surface area contributed by atoms with Crippen molar-refractivity contribution in [3.05, 3.63) is 71.8 Å². The number of hydrogen-bond donors (Lipinski definition) is 3. The number of carboxylic acids is 1. The highest BCUT2D eigenvalue weighted by atomic mass is 32.2. The number of carbonyl (C=O) groups excluding carboxylic acids is 2. The predicted molar refractivity (Wildman–Crippen MR) is 132 cm³/mol. The van der Waals surface area contributed by atoms with Gasteiger partial charge in [0.05, 0.1) is 5.54 Å². The molecule has 1 aliphatic carbocycles. The van der Waals surface area contributed by atoms with Crippen molar-refractivity contribution in [2.45, 2.75) is 30.7 Å². The van der Waals surface area contributed by atoms with E-state index >= 15 is 0 Å². The second kappa shape index (κ2) is 10.8. The molecule has 1 fully saturated rings. The van der Waals surface area contributed by atoms with Crippen molar-refractivity contribution in [1.29, 1.82) is 0 Å². The van der Waals surface area contributed by atoms with Gasteiger partial charge in [0.25, 0.3) is 0 Å². The smallest absolute Gasteiger partial charge is 0.407 e.